The molecule has 0 radical (unpaired) electrons. The Labute approximate surface area is 97.5 Å². The van der Waals surface area contributed by atoms with Gasteiger partial charge in [-0.25, -0.2) is 0 Å². The van der Waals surface area contributed by atoms with Gasteiger partial charge in [-0.15, -0.1) is 0 Å². The van der Waals surface area contributed by atoms with Gasteiger partial charge < -0.3 is 15.2 Å². The molecule has 1 amide bonds. The van der Waals surface area contributed by atoms with Gasteiger partial charge in [-0.05, 0) is 19.9 Å². The second-order valence-corrected chi connectivity index (χ2v) is 4.76. The van der Waals surface area contributed by atoms with E-state index in [2.05, 4.69) is 10.3 Å². The molecule has 6 heteroatoms. The molecular weight excluding hydrogens is 226 g/mol. The van der Waals surface area contributed by atoms with Gasteiger partial charge in [0.05, 0.1) is 12.6 Å². The van der Waals surface area contributed by atoms with E-state index < -0.39 is 0 Å². The number of aromatic amines is 1. The first kappa shape index (κ1) is 11.3. The van der Waals surface area contributed by atoms with Gasteiger partial charge in [0.25, 0.3) is 0 Å². The number of nitrogens with zero attached hydrogens (tertiary/aromatic N) is 1. The Hall–Kier alpha value is -1.14. The second-order valence-electron chi connectivity index (χ2n) is 3.92. The number of piperidine rings is 1. The summed E-state index contributed by atoms with van der Waals surface area (Å²) in [6, 6.07) is -0.0703. The number of thiazole rings is 1. The van der Waals surface area contributed by atoms with Crippen molar-refractivity contribution in [2.75, 3.05) is 13.6 Å². The predicted octanol–water partition coefficient (Wildman–Crippen LogP) is 0.147. The molecule has 2 heterocycles. The molecule has 1 aliphatic rings. The van der Waals surface area contributed by atoms with E-state index in [1.165, 1.54) is 0 Å². The predicted molar refractivity (Wildman–Crippen MR) is 62.4 cm³/mol. The van der Waals surface area contributed by atoms with Crippen LogP contribution in [0.15, 0.2) is 10.2 Å². The van der Waals surface area contributed by atoms with Crippen molar-refractivity contribution in [1.82, 2.24) is 15.2 Å². The molecule has 88 valence electrons. The van der Waals surface area contributed by atoms with Gasteiger partial charge in [0.15, 0.2) is 0 Å². The van der Waals surface area contributed by atoms with E-state index >= 15 is 0 Å². The summed E-state index contributed by atoms with van der Waals surface area (Å²) in [5, 5.41) is 4.79. The van der Waals surface area contributed by atoms with Gasteiger partial charge in [0, 0.05) is 17.6 Å². The molecule has 2 rings (SSSR count). The van der Waals surface area contributed by atoms with Crippen LogP contribution in [0.3, 0.4) is 0 Å². The van der Waals surface area contributed by atoms with Gasteiger partial charge in [-0.3, -0.25) is 9.59 Å². The van der Waals surface area contributed by atoms with Crippen molar-refractivity contribution in [2.24, 2.45) is 0 Å². The van der Waals surface area contributed by atoms with Crippen molar-refractivity contribution < 1.29 is 4.79 Å². The molecule has 1 saturated heterocycles. The molecule has 0 aliphatic carbocycles. The first-order valence-corrected chi connectivity index (χ1v) is 6.21. The quantitative estimate of drug-likeness (QED) is 0.791. The summed E-state index contributed by atoms with van der Waals surface area (Å²) in [7, 11) is 1.80. The van der Waals surface area contributed by atoms with Gasteiger partial charge in [0.1, 0.15) is 0 Å². The fourth-order valence-electron chi connectivity index (χ4n) is 1.96. The fraction of sp³-hybridized carbons (Fsp3) is 0.600. The molecule has 0 spiro atoms. The minimum atomic E-state index is -0.0703. The van der Waals surface area contributed by atoms with Crippen molar-refractivity contribution in [1.29, 1.82) is 0 Å². The highest BCUT2D eigenvalue weighted by molar-refractivity contribution is 7.07. The lowest BCUT2D eigenvalue weighted by molar-refractivity contribution is -0.136. The molecule has 0 bridgehead atoms. The number of likely N-dealkylation sites (N-methyl/N-ethyl adjacent to an activating group) is 1. The van der Waals surface area contributed by atoms with Crippen LogP contribution in [0.2, 0.25) is 0 Å². The third-order valence-corrected chi connectivity index (χ3v) is 3.53. The minimum absolute atomic E-state index is 0.0652. The van der Waals surface area contributed by atoms with Crippen LogP contribution in [-0.2, 0) is 11.3 Å². The van der Waals surface area contributed by atoms with E-state index in [9.17, 15) is 9.59 Å². The van der Waals surface area contributed by atoms with Crippen molar-refractivity contribution in [2.45, 2.75) is 25.4 Å². The maximum absolute atomic E-state index is 11.9. The molecular formula is C10H15N3O2S. The van der Waals surface area contributed by atoms with Crippen LogP contribution in [0.5, 0.6) is 0 Å². The summed E-state index contributed by atoms with van der Waals surface area (Å²) in [6.07, 6.45) is 1.90. The Morgan fingerprint density at radius 1 is 1.62 bits per heavy atom. The largest absolute Gasteiger partial charge is 0.335 e. The number of nitrogens with one attached hydrogen (secondary N) is 2. The van der Waals surface area contributed by atoms with Crippen molar-refractivity contribution in [3.8, 4) is 0 Å². The van der Waals surface area contributed by atoms with E-state index in [4.69, 9.17) is 0 Å². The van der Waals surface area contributed by atoms with E-state index in [0.717, 1.165) is 36.4 Å². The molecule has 0 saturated carbocycles. The monoisotopic (exact) mass is 241 g/mol. The zero-order chi connectivity index (χ0) is 11.5. The number of carbonyl (C=O) groups excluding carboxylic acids is 1. The highest BCUT2D eigenvalue weighted by Crippen LogP contribution is 2.14. The molecule has 0 aromatic carbocycles. The number of H-pyrrole nitrogens is 1. The number of rotatable bonds is 3. The molecule has 1 unspecified atom stereocenters. The Kier molecular flexibility index (Phi) is 3.40. The summed E-state index contributed by atoms with van der Waals surface area (Å²) in [5.41, 5.74) is 0.820. The number of carbonyl (C=O) groups is 1. The van der Waals surface area contributed by atoms with Crippen LogP contribution < -0.4 is 10.2 Å². The number of hydrogen-bond donors (Lipinski definition) is 2. The van der Waals surface area contributed by atoms with Crippen molar-refractivity contribution in [3.05, 3.63) is 20.7 Å². The smallest absolute Gasteiger partial charge is 0.304 e. The number of amides is 1. The van der Waals surface area contributed by atoms with Crippen LogP contribution in [0.4, 0.5) is 0 Å². The van der Waals surface area contributed by atoms with Crippen molar-refractivity contribution >= 4 is 17.2 Å². The van der Waals surface area contributed by atoms with Crippen molar-refractivity contribution in [3.63, 3.8) is 0 Å². The van der Waals surface area contributed by atoms with Gasteiger partial charge in [-0.1, -0.05) is 11.3 Å². The highest BCUT2D eigenvalue weighted by atomic mass is 32.1. The molecule has 5 nitrogen and oxygen atoms in total. The Balaban J connectivity index is 2.04. The number of hydrogen-bond acceptors (Lipinski definition) is 4. The normalized spacial score (nSPS) is 21.4. The third-order valence-electron chi connectivity index (χ3n) is 2.81. The Morgan fingerprint density at radius 2 is 2.44 bits per heavy atom. The fourth-order valence-corrected chi connectivity index (χ4v) is 2.53. The van der Waals surface area contributed by atoms with Crippen LogP contribution in [0.1, 0.15) is 18.5 Å². The Bertz CT molecular complexity index is 426. The minimum Gasteiger partial charge on any atom is -0.335 e. The summed E-state index contributed by atoms with van der Waals surface area (Å²) < 4.78 is 0. The molecule has 1 fully saturated rings. The van der Waals surface area contributed by atoms with E-state index in [0.29, 0.717) is 6.54 Å². The van der Waals surface area contributed by atoms with Gasteiger partial charge in [0.2, 0.25) is 5.91 Å². The first-order valence-electron chi connectivity index (χ1n) is 5.33. The van der Waals surface area contributed by atoms with Gasteiger partial charge in [-0.2, -0.15) is 0 Å². The Morgan fingerprint density at radius 3 is 3.06 bits per heavy atom. The summed E-state index contributed by atoms with van der Waals surface area (Å²) >= 11 is 1.14. The van der Waals surface area contributed by atoms with E-state index in [1.807, 2.05) is 0 Å². The summed E-state index contributed by atoms with van der Waals surface area (Å²) in [5.74, 6) is 0.126. The lowest BCUT2D eigenvalue weighted by Crippen LogP contribution is -2.49. The number of likely N-dealkylation sites (tertiary alicyclic amines) is 1. The van der Waals surface area contributed by atoms with Crippen LogP contribution in [0.25, 0.3) is 0 Å². The summed E-state index contributed by atoms with van der Waals surface area (Å²) in [4.78, 5) is 27.4. The lowest BCUT2D eigenvalue weighted by Gasteiger charge is -2.31. The zero-order valence-electron chi connectivity index (χ0n) is 9.16. The van der Waals surface area contributed by atoms with Gasteiger partial charge >= 0.3 is 4.87 Å². The second kappa shape index (κ2) is 4.80. The molecule has 16 heavy (non-hydrogen) atoms. The molecule has 1 aliphatic heterocycles. The maximum Gasteiger partial charge on any atom is 0.304 e. The third kappa shape index (κ3) is 2.33. The van der Waals surface area contributed by atoms with E-state index in [1.54, 1.807) is 17.3 Å². The standard InChI is InChI=1S/C10H15N3O2S/c1-11-8-3-2-4-13(9(8)14)5-7-6-16-10(15)12-7/h6,8,11H,2-5H2,1H3,(H,12,15). The number of aromatic nitrogens is 1. The molecule has 1 aromatic heterocycles. The topological polar surface area (TPSA) is 65.2 Å². The van der Waals surface area contributed by atoms with Crippen LogP contribution in [-0.4, -0.2) is 35.4 Å². The highest BCUT2D eigenvalue weighted by Gasteiger charge is 2.27. The summed E-state index contributed by atoms with van der Waals surface area (Å²) in [6.45, 7) is 1.28. The van der Waals surface area contributed by atoms with E-state index in [-0.39, 0.29) is 16.8 Å². The maximum atomic E-state index is 11.9. The molecule has 1 aromatic rings. The molecule has 2 N–H and O–H groups in total. The average Bonchev–Trinajstić information content (AvgIpc) is 2.67. The van der Waals surface area contributed by atoms with Crippen LogP contribution >= 0.6 is 11.3 Å². The lowest BCUT2D eigenvalue weighted by atomic mass is 10.1. The SMILES string of the molecule is CNC1CCCN(Cc2csc(=O)[nH]2)C1=O. The first-order chi connectivity index (χ1) is 7.70. The zero-order valence-corrected chi connectivity index (χ0v) is 9.97. The van der Waals surface area contributed by atoms with Crippen LogP contribution in [0, 0.1) is 0 Å². The average molecular weight is 241 g/mol. The molecule has 1 atom stereocenters.